The lowest BCUT2D eigenvalue weighted by Crippen LogP contribution is -2.53. The number of nitrogens with one attached hydrogen (secondary N) is 2. The highest BCUT2D eigenvalue weighted by Crippen LogP contribution is 2.12. The molecular weight excluding hydrogens is 524 g/mol. The van der Waals surface area contributed by atoms with Crippen LogP contribution in [0.25, 0.3) is 0 Å². The smallest absolute Gasteiger partial charge is 0.442 e. The lowest BCUT2D eigenvalue weighted by atomic mass is 9.98. The van der Waals surface area contributed by atoms with Crippen molar-refractivity contribution < 1.29 is 26.5 Å². The Morgan fingerprint density at radius 1 is 0.854 bits per heavy atom. The molecule has 0 unspecified atom stereocenters. The Bertz CT molecular complexity index is 1330. The van der Waals surface area contributed by atoms with E-state index in [-0.39, 0.29) is 33.6 Å². The molecule has 224 valence electrons. The minimum Gasteiger partial charge on any atom is -0.445 e. The minimum absolute atomic E-state index is 0. The highest BCUT2D eigenvalue weighted by atomic mass is 16.5. The van der Waals surface area contributed by atoms with Crippen LogP contribution in [0.3, 0.4) is 0 Å². The number of hydrogen-bond acceptors (Lipinski definition) is 7. The molecule has 41 heavy (non-hydrogen) atoms. The molecule has 2 aromatic carbocycles. The summed E-state index contributed by atoms with van der Waals surface area (Å²) in [6, 6.07) is 17.2. The van der Waals surface area contributed by atoms with Crippen LogP contribution in [-0.4, -0.2) is 39.6 Å². The van der Waals surface area contributed by atoms with Crippen LogP contribution in [-0.2, 0) is 40.3 Å². The van der Waals surface area contributed by atoms with E-state index in [0.717, 1.165) is 11.1 Å². The van der Waals surface area contributed by atoms with Crippen LogP contribution < -0.4 is 16.4 Å². The highest BCUT2D eigenvalue weighted by molar-refractivity contribution is 5.92. The molecule has 2 N–H and O–H groups in total. The van der Waals surface area contributed by atoms with Crippen LogP contribution in [0.1, 0.15) is 60.3 Å². The summed E-state index contributed by atoms with van der Waals surface area (Å²) in [7, 11) is 0. The number of carbonyl (C=O) groups excluding carboxylic acids is 3. The first-order valence-corrected chi connectivity index (χ1v) is 14.0. The maximum absolute atomic E-state index is 13.4. The normalized spacial score (nSPS) is 12.6. The van der Waals surface area contributed by atoms with Gasteiger partial charge in [0.15, 0.2) is 11.6 Å². The third-order valence-corrected chi connectivity index (χ3v) is 6.50. The van der Waals surface area contributed by atoms with Gasteiger partial charge in [-0.3, -0.25) is 18.7 Å². The van der Waals surface area contributed by atoms with E-state index >= 15 is 0 Å². The third kappa shape index (κ3) is 10.4. The molecule has 0 radical (unpaired) electrons. The molecule has 0 bridgehead atoms. The van der Waals surface area contributed by atoms with Gasteiger partial charge in [-0.05, 0) is 42.2 Å². The van der Waals surface area contributed by atoms with Gasteiger partial charge in [-0.25, -0.2) is 9.59 Å². The summed E-state index contributed by atoms with van der Waals surface area (Å²) in [5, 5.41) is 9.34. The quantitative estimate of drug-likeness (QED) is 0.275. The summed E-state index contributed by atoms with van der Waals surface area (Å²) in [6.45, 7) is 7.53. The molecular formula is C31H44N4O6. The standard InChI is InChI=1S/C31H40N4O6.2H2/c1-21(2)17-25(27(36)19-35-28(34-41-31(35)39)16-15-23-11-7-5-8-12-23)32-29(37)26(18-22(3)4)33-30(38)40-20-24-13-9-6-10-14-24;;/h5-14,21-22,25-26H,15-20H2,1-4H3,(H,32,37)(H,33,38);2*1H/t25-,26-;;/m0../s1. The first-order valence-electron chi connectivity index (χ1n) is 14.0. The molecule has 0 aliphatic heterocycles. The lowest BCUT2D eigenvalue weighted by molar-refractivity contribution is -0.129. The number of amides is 2. The Kier molecular flexibility index (Phi) is 11.9. The van der Waals surface area contributed by atoms with E-state index < -0.39 is 29.8 Å². The van der Waals surface area contributed by atoms with Gasteiger partial charge in [0.25, 0.3) is 0 Å². The number of ether oxygens (including phenoxy) is 1. The Morgan fingerprint density at radius 2 is 1.44 bits per heavy atom. The molecule has 2 atom stereocenters. The monoisotopic (exact) mass is 568 g/mol. The number of alkyl carbamates (subject to hydrolysis) is 1. The van der Waals surface area contributed by atoms with Crippen LogP contribution in [0.4, 0.5) is 4.79 Å². The van der Waals surface area contributed by atoms with Gasteiger partial charge in [-0.2, -0.15) is 0 Å². The second-order valence-corrected chi connectivity index (χ2v) is 11.0. The van der Waals surface area contributed by atoms with Gasteiger partial charge < -0.3 is 15.4 Å². The average molecular weight is 569 g/mol. The Balaban J connectivity index is 0.00000462. The number of Topliss-reactive ketones (excluding diaryl/α,β-unsaturated/α-hetero) is 1. The molecule has 0 fully saturated rings. The van der Waals surface area contributed by atoms with Gasteiger partial charge in [-0.1, -0.05) is 93.5 Å². The summed E-state index contributed by atoms with van der Waals surface area (Å²) in [5.74, 6) is -1.04. The molecule has 3 rings (SSSR count). The zero-order valence-electron chi connectivity index (χ0n) is 24.2. The van der Waals surface area contributed by atoms with E-state index in [1.165, 1.54) is 4.57 Å². The van der Waals surface area contributed by atoms with Gasteiger partial charge in [-0.15, -0.1) is 0 Å². The molecule has 0 saturated carbocycles. The number of carbonyl (C=O) groups is 3. The number of benzene rings is 2. The van der Waals surface area contributed by atoms with Gasteiger partial charge in [0.05, 0.1) is 12.6 Å². The third-order valence-electron chi connectivity index (χ3n) is 6.50. The zero-order chi connectivity index (χ0) is 29.8. The summed E-state index contributed by atoms with van der Waals surface area (Å²) in [5.41, 5.74) is 1.89. The second kappa shape index (κ2) is 15.5. The number of rotatable bonds is 15. The SMILES string of the molecule is CC(C)C[C@H](NC(=O)[C@H](CC(C)C)NC(=O)OCc1ccccc1)C(=O)Cn1c(CCc2ccccc2)noc1=O.[HH].[HH]. The number of aromatic nitrogens is 2. The topological polar surface area (TPSA) is 133 Å². The lowest BCUT2D eigenvalue weighted by Gasteiger charge is -2.25. The van der Waals surface area contributed by atoms with Crippen molar-refractivity contribution in [3.63, 3.8) is 0 Å². The van der Waals surface area contributed by atoms with Crippen LogP contribution in [0.15, 0.2) is 70.0 Å². The Labute approximate surface area is 243 Å². The number of hydrogen-bond donors (Lipinski definition) is 2. The van der Waals surface area contributed by atoms with Gasteiger partial charge in [0.1, 0.15) is 12.6 Å². The fourth-order valence-electron chi connectivity index (χ4n) is 4.42. The number of nitrogens with zero attached hydrogens (tertiary/aromatic N) is 2. The van der Waals surface area contributed by atoms with E-state index in [4.69, 9.17) is 9.26 Å². The van der Waals surface area contributed by atoms with E-state index in [9.17, 15) is 19.2 Å². The first-order chi connectivity index (χ1) is 19.6. The van der Waals surface area contributed by atoms with Gasteiger partial charge >= 0.3 is 11.8 Å². The predicted molar refractivity (Wildman–Crippen MR) is 158 cm³/mol. The average Bonchev–Trinajstić information content (AvgIpc) is 3.29. The van der Waals surface area contributed by atoms with Crippen molar-refractivity contribution in [2.75, 3.05) is 0 Å². The van der Waals surface area contributed by atoms with Crippen molar-refractivity contribution >= 4 is 17.8 Å². The van der Waals surface area contributed by atoms with Crippen molar-refractivity contribution in [3.05, 3.63) is 88.2 Å². The van der Waals surface area contributed by atoms with E-state index in [1.807, 2.05) is 88.4 Å². The fourth-order valence-corrected chi connectivity index (χ4v) is 4.42. The van der Waals surface area contributed by atoms with Crippen molar-refractivity contribution in [2.24, 2.45) is 11.8 Å². The van der Waals surface area contributed by atoms with Crippen LogP contribution in [0, 0.1) is 11.8 Å². The van der Waals surface area contributed by atoms with Crippen LogP contribution in [0.2, 0.25) is 0 Å². The number of aryl methyl sites for hydroxylation is 2. The summed E-state index contributed by atoms with van der Waals surface area (Å²) >= 11 is 0. The molecule has 0 spiro atoms. The molecule has 10 heteroatoms. The fraction of sp³-hybridized carbons (Fsp3) is 0.452. The number of ketones is 1. The molecule has 0 saturated heterocycles. The van der Waals surface area contributed by atoms with Crippen LogP contribution in [0.5, 0.6) is 0 Å². The van der Waals surface area contributed by atoms with E-state index in [1.54, 1.807) is 0 Å². The molecule has 2 amide bonds. The van der Waals surface area contributed by atoms with E-state index in [2.05, 4.69) is 15.8 Å². The Hall–Kier alpha value is -4.21. The highest BCUT2D eigenvalue weighted by Gasteiger charge is 2.29. The van der Waals surface area contributed by atoms with Crippen molar-refractivity contribution in [3.8, 4) is 0 Å². The van der Waals surface area contributed by atoms with Gasteiger partial charge in [0.2, 0.25) is 5.91 Å². The largest absolute Gasteiger partial charge is 0.445 e. The maximum atomic E-state index is 13.4. The maximum Gasteiger partial charge on any atom is 0.442 e. The minimum atomic E-state index is -0.902. The van der Waals surface area contributed by atoms with Crippen molar-refractivity contribution in [1.29, 1.82) is 0 Å². The molecule has 1 aromatic heterocycles. The van der Waals surface area contributed by atoms with E-state index in [0.29, 0.717) is 31.5 Å². The van der Waals surface area contributed by atoms with Crippen LogP contribution >= 0.6 is 0 Å². The molecule has 10 nitrogen and oxygen atoms in total. The van der Waals surface area contributed by atoms with Gasteiger partial charge in [0, 0.05) is 9.27 Å². The summed E-state index contributed by atoms with van der Waals surface area (Å²) in [6.07, 6.45) is 1.02. The molecule has 0 aliphatic carbocycles. The summed E-state index contributed by atoms with van der Waals surface area (Å²) in [4.78, 5) is 51.7. The predicted octanol–water partition coefficient (Wildman–Crippen LogP) is 4.55. The Morgan fingerprint density at radius 3 is 2.05 bits per heavy atom. The molecule has 1 heterocycles. The van der Waals surface area contributed by atoms with Crippen molar-refractivity contribution in [1.82, 2.24) is 20.4 Å². The van der Waals surface area contributed by atoms with Crippen molar-refractivity contribution in [2.45, 2.75) is 78.6 Å². The second-order valence-electron chi connectivity index (χ2n) is 11.0. The summed E-state index contributed by atoms with van der Waals surface area (Å²) < 4.78 is 11.4. The molecule has 0 aliphatic rings. The zero-order valence-corrected chi connectivity index (χ0v) is 24.2. The molecule has 3 aromatic rings. The first kappa shape index (κ1) is 31.3.